The van der Waals surface area contributed by atoms with Crippen LogP contribution in [0.1, 0.15) is 47.5 Å². The lowest BCUT2D eigenvalue weighted by molar-refractivity contribution is 0.321. The molecule has 0 radical (unpaired) electrons. The Morgan fingerprint density at radius 2 is 1.95 bits per heavy atom. The summed E-state index contributed by atoms with van der Waals surface area (Å²) in [5, 5.41) is 6.94. The zero-order chi connectivity index (χ0) is 14.5. The minimum atomic E-state index is 0. The average molecular weight is 396 g/mol. The third-order valence-electron chi connectivity index (χ3n) is 3.99. The molecule has 20 heavy (non-hydrogen) atoms. The van der Waals surface area contributed by atoms with E-state index < -0.39 is 0 Å². The van der Waals surface area contributed by atoms with Crippen molar-refractivity contribution in [3.63, 3.8) is 0 Å². The second-order valence-corrected chi connectivity index (χ2v) is 6.99. The number of nitrogens with one attached hydrogen (secondary N) is 2. The van der Waals surface area contributed by atoms with Gasteiger partial charge in [0.05, 0.1) is 0 Å². The molecule has 1 saturated heterocycles. The third-order valence-corrected chi connectivity index (χ3v) is 3.99. The Labute approximate surface area is 142 Å². The van der Waals surface area contributed by atoms with E-state index in [0.29, 0.717) is 5.41 Å². The lowest BCUT2D eigenvalue weighted by Gasteiger charge is -2.26. The van der Waals surface area contributed by atoms with Gasteiger partial charge in [0.1, 0.15) is 0 Å². The smallest absolute Gasteiger partial charge is 0.193 e. The van der Waals surface area contributed by atoms with E-state index in [9.17, 15) is 0 Å². The van der Waals surface area contributed by atoms with Crippen molar-refractivity contribution >= 4 is 29.9 Å². The largest absolute Gasteiger partial charge is 0.355 e. The molecule has 0 aromatic heterocycles. The van der Waals surface area contributed by atoms with Gasteiger partial charge in [-0.3, -0.25) is 4.99 Å². The van der Waals surface area contributed by atoms with Crippen LogP contribution in [0.15, 0.2) is 4.99 Å². The van der Waals surface area contributed by atoms with E-state index in [1.807, 2.05) is 7.05 Å². The highest BCUT2D eigenvalue weighted by molar-refractivity contribution is 14.0. The fraction of sp³-hybridized carbons (Fsp3) is 0.933. The maximum atomic E-state index is 4.41. The number of hydrogen-bond donors (Lipinski definition) is 2. The summed E-state index contributed by atoms with van der Waals surface area (Å²) in [4.78, 5) is 6.80. The number of rotatable bonds is 4. The van der Waals surface area contributed by atoms with Gasteiger partial charge in [-0.25, -0.2) is 0 Å². The van der Waals surface area contributed by atoms with Gasteiger partial charge >= 0.3 is 0 Å². The van der Waals surface area contributed by atoms with E-state index in [0.717, 1.165) is 32.1 Å². The number of nitrogens with zero attached hydrogens (tertiary/aromatic N) is 2. The van der Waals surface area contributed by atoms with E-state index in [2.05, 4.69) is 55.1 Å². The number of aliphatic imine (C=N–C) groups is 1. The van der Waals surface area contributed by atoms with Crippen LogP contribution in [0.4, 0.5) is 0 Å². The summed E-state index contributed by atoms with van der Waals surface area (Å²) in [5.41, 5.74) is 0.640. The molecule has 120 valence electrons. The van der Waals surface area contributed by atoms with Crippen LogP contribution in [0, 0.1) is 5.41 Å². The molecule has 1 atom stereocenters. The van der Waals surface area contributed by atoms with E-state index in [1.165, 1.54) is 12.8 Å². The molecule has 1 aliphatic heterocycles. The molecule has 1 aliphatic rings. The summed E-state index contributed by atoms with van der Waals surface area (Å²) in [6.07, 6.45) is 2.51. The highest BCUT2D eigenvalue weighted by Gasteiger charge is 2.33. The molecule has 0 aliphatic carbocycles. The van der Waals surface area contributed by atoms with E-state index in [-0.39, 0.29) is 29.5 Å². The van der Waals surface area contributed by atoms with Crippen LogP contribution in [0.25, 0.3) is 0 Å². The first-order valence-corrected chi connectivity index (χ1v) is 7.50. The van der Waals surface area contributed by atoms with Gasteiger partial charge in [-0.15, -0.1) is 24.0 Å². The maximum Gasteiger partial charge on any atom is 0.193 e. The van der Waals surface area contributed by atoms with Crippen molar-refractivity contribution < 1.29 is 0 Å². The van der Waals surface area contributed by atoms with Gasteiger partial charge in [-0.2, -0.15) is 0 Å². The molecule has 4 nitrogen and oxygen atoms in total. The summed E-state index contributed by atoms with van der Waals surface area (Å²) >= 11 is 0. The normalized spacial score (nSPS) is 23.7. The van der Waals surface area contributed by atoms with Gasteiger partial charge in [0.2, 0.25) is 0 Å². The first kappa shape index (κ1) is 20.0. The summed E-state index contributed by atoms with van der Waals surface area (Å²) in [6.45, 7) is 15.4. The predicted octanol–water partition coefficient (Wildman–Crippen LogP) is 2.69. The lowest BCUT2D eigenvalue weighted by atomic mass is 9.87. The van der Waals surface area contributed by atoms with Crippen LogP contribution < -0.4 is 10.6 Å². The second-order valence-electron chi connectivity index (χ2n) is 6.99. The van der Waals surface area contributed by atoms with E-state index in [4.69, 9.17) is 0 Å². The molecule has 1 heterocycles. The number of guanidine groups is 1. The lowest BCUT2D eigenvalue weighted by Crippen LogP contribution is -2.45. The minimum Gasteiger partial charge on any atom is -0.355 e. The van der Waals surface area contributed by atoms with Crippen LogP contribution in [0.5, 0.6) is 0 Å². The van der Waals surface area contributed by atoms with E-state index >= 15 is 0 Å². The molecular weight excluding hydrogens is 363 g/mol. The van der Waals surface area contributed by atoms with Crippen LogP contribution in [-0.4, -0.2) is 49.6 Å². The highest BCUT2D eigenvalue weighted by Crippen LogP contribution is 2.32. The van der Waals surface area contributed by atoms with Crippen molar-refractivity contribution in [3.05, 3.63) is 0 Å². The van der Waals surface area contributed by atoms with Crippen molar-refractivity contribution in [1.29, 1.82) is 0 Å². The Balaban J connectivity index is 0.00000361. The third kappa shape index (κ3) is 6.61. The molecule has 1 fully saturated rings. The van der Waals surface area contributed by atoms with Crippen molar-refractivity contribution in [2.45, 2.75) is 53.0 Å². The van der Waals surface area contributed by atoms with Gasteiger partial charge < -0.3 is 15.5 Å². The minimum absolute atomic E-state index is 0. The summed E-state index contributed by atoms with van der Waals surface area (Å²) in [5.74, 6) is 1.05. The van der Waals surface area contributed by atoms with Crippen molar-refractivity contribution in [2.75, 3.05) is 33.2 Å². The van der Waals surface area contributed by atoms with Crippen LogP contribution in [0.2, 0.25) is 0 Å². The summed E-state index contributed by atoms with van der Waals surface area (Å²) in [6, 6.07) is 0. The fourth-order valence-corrected chi connectivity index (χ4v) is 2.44. The van der Waals surface area contributed by atoms with Gasteiger partial charge in [0.25, 0.3) is 0 Å². The Hall–Kier alpha value is -0.0400. The number of hydrogen-bond acceptors (Lipinski definition) is 2. The molecular formula is C15H33IN4. The quantitative estimate of drug-likeness (QED) is 0.332. The van der Waals surface area contributed by atoms with Crippen molar-refractivity contribution in [2.24, 2.45) is 10.4 Å². The van der Waals surface area contributed by atoms with Crippen LogP contribution in [0.3, 0.4) is 0 Å². The second kappa shape index (κ2) is 8.41. The van der Waals surface area contributed by atoms with Gasteiger partial charge in [0, 0.05) is 38.8 Å². The first-order chi connectivity index (χ1) is 8.79. The molecule has 2 N–H and O–H groups in total. The standard InChI is InChI=1S/C15H32N4.HI/c1-7-15(5)8-11-19(12-15)13(16-6)17-9-10-18-14(2,3)4;/h18H,7-12H2,1-6H3,(H,16,17);1H. The Kier molecular flexibility index (Phi) is 8.40. The van der Waals surface area contributed by atoms with Crippen LogP contribution >= 0.6 is 24.0 Å². The molecule has 0 saturated carbocycles. The van der Waals surface area contributed by atoms with Crippen molar-refractivity contribution in [1.82, 2.24) is 15.5 Å². The number of likely N-dealkylation sites (tertiary alicyclic amines) is 1. The maximum absolute atomic E-state index is 4.41. The monoisotopic (exact) mass is 396 g/mol. The first-order valence-electron chi connectivity index (χ1n) is 7.50. The average Bonchev–Trinajstić information content (AvgIpc) is 2.71. The molecule has 5 heteroatoms. The number of halogens is 1. The van der Waals surface area contributed by atoms with Gasteiger partial charge in [0.15, 0.2) is 5.96 Å². The van der Waals surface area contributed by atoms with Gasteiger partial charge in [-0.1, -0.05) is 13.8 Å². The molecule has 0 aromatic carbocycles. The molecule has 0 spiro atoms. The predicted molar refractivity (Wildman–Crippen MR) is 99.1 cm³/mol. The molecule has 0 bridgehead atoms. The molecule has 0 aromatic rings. The Morgan fingerprint density at radius 3 is 2.40 bits per heavy atom. The zero-order valence-corrected chi connectivity index (χ0v) is 16.4. The molecule has 0 amide bonds. The van der Waals surface area contributed by atoms with E-state index in [1.54, 1.807) is 0 Å². The van der Waals surface area contributed by atoms with Crippen molar-refractivity contribution in [3.8, 4) is 0 Å². The topological polar surface area (TPSA) is 39.7 Å². The van der Waals surface area contributed by atoms with Crippen LogP contribution in [-0.2, 0) is 0 Å². The summed E-state index contributed by atoms with van der Waals surface area (Å²) in [7, 11) is 1.88. The fourth-order valence-electron chi connectivity index (χ4n) is 2.44. The Morgan fingerprint density at radius 1 is 1.30 bits per heavy atom. The summed E-state index contributed by atoms with van der Waals surface area (Å²) < 4.78 is 0. The highest BCUT2D eigenvalue weighted by atomic mass is 127. The molecule has 1 rings (SSSR count). The van der Waals surface area contributed by atoms with Gasteiger partial charge in [-0.05, 0) is 39.0 Å². The molecule has 1 unspecified atom stereocenters. The SMILES string of the molecule is CCC1(C)CCN(C(=NC)NCCNC(C)(C)C)C1.I. The Bertz CT molecular complexity index is 311. The zero-order valence-electron chi connectivity index (χ0n) is 14.0.